The predicted molar refractivity (Wildman–Crippen MR) is 109 cm³/mol. The molecule has 1 aliphatic rings. The van der Waals surface area contributed by atoms with Crippen molar-refractivity contribution >= 4 is 18.2 Å². The van der Waals surface area contributed by atoms with E-state index in [1.165, 1.54) is 0 Å². The van der Waals surface area contributed by atoms with E-state index in [2.05, 4.69) is 21.7 Å². The number of fused-ring (bicyclic) bond motifs is 1. The average Bonchev–Trinajstić information content (AvgIpc) is 3.26. The van der Waals surface area contributed by atoms with Gasteiger partial charge in [-0.1, -0.05) is 18.2 Å². The number of hydrogen-bond donors (Lipinski definition) is 1. The van der Waals surface area contributed by atoms with Crippen LogP contribution in [0.15, 0.2) is 58.6 Å². The monoisotopic (exact) mass is 375 g/mol. The van der Waals surface area contributed by atoms with Gasteiger partial charge in [-0.2, -0.15) is 0 Å². The average molecular weight is 375 g/mol. The molecule has 0 bridgehead atoms. The van der Waals surface area contributed by atoms with E-state index in [0.29, 0.717) is 29.7 Å². The first-order valence-electron chi connectivity index (χ1n) is 8.91. The third kappa shape index (κ3) is 2.95. The van der Waals surface area contributed by atoms with Crippen molar-refractivity contribution in [2.45, 2.75) is 19.6 Å². The second-order valence-corrected chi connectivity index (χ2v) is 6.38. The minimum absolute atomic E-state index is 0.0891. The van der Waals surface area contributed by atoms with Crippen molar-refractivity contribution in [2.24, 2.45) is 15.7 Å². The van der Waals surface area contributed by atoms with Gasteiger partial charge in [0.15, 0.2) is 0 Å². The van der Waals surface area contributed by atoms with Gasteiger partial charge in [-0.25, -0.2) is 4.98 Å². The summed E-state index contributed by atoms with van der Waals surface area (Å²) < 4.78 is 13.6. The topological polar surface area (TPSA) is 87.0 Å². The third-order valence-electron chi connectivity index (χ3n) is 4.75. The molecular weight excluding hydrogens is 354 g/mol. The Hall–Kier alpha value is -3.45. The van der Waals surface area contributed by atoms with Crippen LogP contribution in [0.3, 0.4) is 0 Å². The highest BCUT2D eigenvalue weighted by Crippen LogP contribution is 2.43. The van der Waals surface area contributed by atoms with Gasteiger partial charge in [0.05, 0.1) is 36.0 Å². The Bertz CT molecular complexity index is 1040. The lowest BCUT2D eigenvalue weighted by Gasteiger charge is -2.13. The molecule has 0 fully saturated rings. The van der Waals surface area contributed by atoms with Crippen molar-refractivity contribution in [1.82, 2.24) is 9.55 Å². The van der Waals surface area contributed by atoms with Crippen molar-refractivity contribution in [3.8, 4) is 17.3 Å². The normalized spacial score (nSPS) is 16.1. The molecule has 0 amide bonds. The van der Waals surface area contributed by atoms with E-state index < -0.39 is 0 Å². The molecule has 0 aliphatic carbocycles. The zero-order chi connectivity index (χ0) is 19.7. The number of nitrogens with zero attached hydrogens (tertiary/aromatic N) is 4. The van der Waals surface area contributed by atoms with Crippen LogP contribution in [-0.2, 0) is 11.3 Å². The second kappa shape index (κ2) is 7.28. The van der Waals surface area contributed by atoms with Gasteiger partial charge in [-0.15, -0.1) is 0 Å². The van der Waals surface area contributed by atoms with Crippen molar-refractivity contribution < 1.29 is 9.47 Å². The molecule has 7 nitrogen and oxygen atoms in total. The Morgan fingerprint density at radius 3 is 2.71 bits per heavy atom. The molecule has 3 heterocycles. The van der Waals surface area contributed by atoms with Crippen molar-refractivity contribution in [1.29, 1.82) is 0 Å². The SMILES string of the molecule is C=Nc1c2c(n(-c3ccc(Oc4ccccc4)nc3)c1/C(N)=N\C)COC2C. The van der Waals surface area contributed by atoms with Crippen LogP contribution in [-0.4, -0.2) is 29.2 Å². The van der Waals surface area contributed by atoms with Crippen molar-refractivity contribution in [3.63, 3.8) is 0 Å². The lowest BCUT2D eigenvalue weighted by atomic mass is 10.1. The van der Waals surface area contributed by atoms with Gasteiger partial charge in [-0.3, -0.25) is 9.98 Å². The Morgan fingerprint density at radius 2 is 2.07 bits per heavy atom. The lowest BCUT2D eigenvalue weighted by molar-refractivity contribution is 0.0777. The summed E-state index contributed by atoms with van der Waals surface area (Å²) in [6.45, 7) is 6.17. The van der Waals surface area contributed by atoms with Crippen LogP contribution < -0.4 is 10.5 Å². The van der Waals surface area contributed by atoms with Crippen LogP contribution in [0.1, 0.15) is 30.0 Å². The van der Waals surface area contributed by atoms with Crippen LogP contribution in [0, 0.1) is 0 Å². The van der Waals surface area contributed by atoms with E-state index in [1.807, 2.05) is 54.0 Å². The fourth-order valence-corrected chi connectivity index (χ4v) is 3.44. The van der Waals surface area contributed by atoms with Gasteiger partial charge in [0.25, 0.3) is 0 Å². The first-order valence-corrected chi connectivity index (χ1v) is 8.91. The van der Waals surface area contributed by atoms with Gasteiger partial charge in [0.1, 0.15) is 17.3 Å². The molecule has 1 aromatic carbocycles. The minimum Gasteiger partial charge on any atom is -0.439 e. The number of benzene rings is 1. The Morgan fingerprint density at radius 1 is 1.29 bits per heavy atom. The number of pyridine rings is 1. The molecule has 0 saturated carbocycles. The molecule has 2 aromatic heterocycles. The number of amidine groups is 1. The van der Waals surface area contributed by atoms with E-state index in [9.17, 15) is 0 Å². The maximum atomic E-state index is 6.20. The number of hydrogen-bond acceptors (Lipinski definition) is 5. The second-order valence-electron chi connectivity index (χ2n) is 6.38. The highest BCUT2D eigenvalue weighted by molar-refractivity contribution is 6.02. The molecule has 0 saturated heterocycles. The summed E-state index contributed by atoms with van der Waals surface area (Å²) in [5.74, 6) is 1.62. The van der Waals surface area contributed by atoms with E-state index in [0.717, 1.165) is 22.7 Å². The van der Waals surface area contributed by atoms with E-state index in [-0.39, 0.29) is 6.10 Å². The number of aromatic nitrogens is 2. The number of aliphatic imine (C=N–C) groups is 2. The van der Waals surface area contributed by atoms with Crippen LogP contribution in [0.2, 0.25) is 0 Å². The zero-order valence-electron chi connectivity index (χ0n) is 15.8. The summed E-state index contributed by atoms with van der Waals surface area (Å²) in [4.78, 5) is 12.8. The third-order valence-corrected chi connectivity index (χ3v) is 4.75. The Balaban J connectivity index is 1.79. The largest absolute Gasteiger partial charge is 0.439 e. The Labute approximate surface area is 163 Å². The molecule has 0 spiro atoms. The van der Waals surface area contributed by atoms with Crippen LogP contribution in [0.25, 0.3) is 5.69 Å². The van der Waals surface area contributed by atoms with Crippen LogP contribution >= 0.6 is 0 Å². The molecule has 28 heavy (non-hydrogen) atoms. The minimum atomic E-state index is -0.0891. The summed E-state index contributed by atoms with van der Waals surface area (Å²) in [6, 6.07) is 13.3. The first-order chi connectivity index (χ1) is 13.6. The molecule has 2 N–H and O–H groups in total. The van der Waals surface area contributed by atoms with Gasteiger partial charge in [0.2, 0.25) is 5.88 Å². The van der Waals surface area contributed by atoms with Crippen LogP contribution in [0.5, 0.6) is 11.6 Å². The fourth-order valence-electron chi connectivity index (χ4n) is 3.44. The highest BCUT2D eigenvalue weighted by Gasteiger charge is 2.33. The molecule has 1 unspecified atom stereocenters. The van der Waals surface area contributed by atoms with Gasteiger partial charge >= 0.3 is 0 Å². The van der Waals surface area contributed by atoms with Crippen LogP contribution in [0.4, 0.5) is 5.69 Å². The lowest BCUT2D eigenvalue weighted by Crippen LogP contribution is -2.19. The summed E-state index contributed by atoms with van der Waals surface area (Å²) in [6.07, 6.45) is 1.65. The Kier molecular flexibility index (Phi) is 4.67. The van der Waals surface area contributed by atoms with E-state index in [4.69, 9.17) is 15.2 Å². The predicted octanol–water partition coefficient (Wildman–Crippen LogP) is 3.92. The zero-order valence-corrected chi connectivity index (χ0v) is 15.8. The number of ether oxygens (including phenoxy) is 2. The van der Waals surface area contributed by atoms with Crippen molar-refractivity contribution in [3.05, 3.63) is 65.6 Å². The highest BCUT2D eigenvalue weighted by atomic mass is 16.5. The molecule has 1 aliphatic heterocycles. The fraction of sp³-hybridized carbons (Fsp3) is 0.190. The smallest absolute Gasteiger partial charge is 0.219 e. The first kappa shape index (κ1) is 17.9. The molecule has 4 rings (SSSR count). The summed E-state index contributed by atoms with van der Waals surface area (Å²) >= 11 is 0. The summed E-state index contributed by atoms with van der Waals surface area (Å²) in [7, 11) is 1.65. The van der Waals surface area contributed by atoms with E-state index >= 15 is 0 Å². The molecule has 3 aromatic rings. The molecular formula is C21H21N5O2. The standard InChI is InChI=1S/C21H21N5O2/c1-13-18-16(12-27-13)26(20(19(18)23-2)21(22)24-3)14-9-10-17(25-11-14)28-15-7-5-4-6-8-15/h4-11,13H,2,12H2,1,3H3,(H2,22,24). The number of nitrogens with two attached hydrogens (primary N) is 1. The molecule has 1 atom stereocenters. The van der Waals surface area contributed by atoms with Gasteiger partial charge in [-0.05, 0) is 31.8 Å². The quantitative estimate of drug-likeness (QED) is 0.541. The van der Waals surface area contributed by atoms with Gasteiger partial charge in [0, 0.05) is 18.7 Å². The van der Waals surface area contributed by atoms with Gasteiger partial charge < -0.3 is 19.8 Å². The summed E-state index contributed by atoms with van der Waals surface area (Å²) in [5.41, 5.74) is 10.4. The number of para-hydroxylation sites is 1. The number of rotatable bonds is 5. The molecule has 0 radical (unpaired) electrons. The maximum absolute atomic E-state index is 6.20. The molecule has 142 valence electrons. The molecule has 7 heteroatoms. The summed E-state index contributed by atoms with van der Waals surface area (Å²) in [5, 5.41) is 0. The maximum Gasteiger partial charge on any atom is 0.219 e. The van der Waals surface area contributed by atoms with Crippen molar-refractivity contribution in [2.75, 3.05) is 7.05 Å². The van der Waals surface area contributed by atoms with E-state index in [1.54, 1.807) is 13.2 Å².